The van der Waals surface area contributed by atoms with E-state index in [1.165, 1.54) is 0 Å². The van der Waals surface area contributed by atoms with Crippen LogP contribution in [0.4, 0.5) is 0 Å². The van der Waals surface area contributed by atoms with Crippen LogP contribution in [0.3, 0.4) is 0 Å². The number of ether oxygens (including phenoxy) is 1. The first kappa shape index (κ1) is 15.1. The molecule has 0 bridgehead atoms. The number of benzene rings is 2. The summed E-state index contributed by atoms with van der Waals surface area (Å²) in [5.41, 5.74) is 8.61. The van der Waals surface area contributed by atoms with E-state index in [1.807, 2.05) is 36.4 Å². The van der Waals surface area contributed by atoms with Crippen LogP contribution in [-0.2, 0) is 11.3 Å². The topological polar surface area (TPSA) is 64.3 Å². The summed E-state index contributed by atoms with van der Waals surface area (Å²) < 4.78 is 5.15. The van der Waals surface area contributed by atoms with Gasteiger partial charge in [0, 0.05) is 6.54 Å². The second-order valence-corrected chi connectivity index (χ2v) is 4.93. The number of amides is 1. The van der Waals surface area contributed by atoms with Gasteiger partial charge in [-0.1, -0.05) is 36.4 Å². The molecule has 0 radical (unpaired) electrons. The molecule has 0 unspecified atom stereocenters. The Hall–Kier alpha value is -2.33. The molecule has 1 atom stereocenters. The van der Waals surface area contributed by atoms with Crippen LogP contribution in [0.25, 0.3) is 11.1 Å². The molecule has 0 aliphatic carbocycles. The van der Waals surface area contributed by atoms with Gasteiger partial charge < -0.3 is 15.8 Å². The Balaban J connectivity index is 2.02. The monoisotopic (exact) mass is 284 g/mol. The van der Waals surface area contributed by atoms with Gasteiger partial charge >= 0.3 is 0 Å². The normalized spacial score (nSPS) is 11.9. The Morgan fingerprint density at radius 1 is 1.10 bits per heavy atom. The standard InChI is InChI=1S/C17H20N2O2/c1-12(17(18)20)19-11-13-3-5-14(6-4-13)15-7-9-16(21-2)10-8-15/h3-10,12,19H,11H2,1-2H3,(H2,18,20)/t12-/m0/s1. The number of carbonyl (C=O) groups is 1. The van der Waals surface area contributed by atoms with E-state index in [1.54, 1.807) is 14.0 Å². The van der Waals surface area contributed by atoms with Gasteiger partial charge in [-0.3, -0.25) is 4.79 Å². The third-order valence-corrected chi connectivity index (χ3v) is 3.42. The molecule has 0 aromatic heterocycles. The molecule has 2 rings (SSSR count). The van der Waals surface area contributed by atoms with Crippen molar-refractivity contribution in [3.05, 3.63) is 54.1 Å². The van der Waals surface area contributed by atoms with Gasteiger partial charge in [-0.15, -0.1) is 0 Å². The van der Waals surface area contributed by atoms with Crippen LogP contribution >= 0.6 is 0 Å². The first-order valence-electron chi connectivity index (χ1n) is 6.86. The molecule has 0 fully saturated rings. The second-order valence-electron chi connectivity index (χ2n) is 4.93. The molecule has 4 nitrogen and oxygen atoms in total. The number of primary amides is 1. The zero-order chi connectivity index (χ0) is 15.2. The first-order valence-corrected chi connectivity index (χ1v) is 6.86. The van der Waals surface area contributed by atoms with E-state index in [0.29, 0.717) is 6.54 Å². The van der Waals surface area contributed by atoms with E-state index < -0.39 is 0 Å². The maximum absolute atomic E-state index is 11.0. The van der Waals surface area contributed by atoms with Gasteiger partial charge in [-0.05, 0) is 35.7 Å². The molecule has 0 aliphatic rings. The van der Waals surface area contributed by atoms with Crippen molar-refractivity contribution in [2.24, 2.45) is 5.73 Å². The molecule has 21 heavy (non-hydrogen) atoms. The van der Waals surface area contributed by atoms with Gasteiger partial charge in [0.15, 0.2) is 0 Å². The van der Waals surface area contributed by atoms with Crippen LogP contribution < -0.4 is 15.8 Å². The Kier molecular flexibility index (Phi) is 4.95. The Morgan fingerprint density at radius 3 is 2.10 bits per heavy atom. The molecule has 0 heterocycles. The number of rotatable bonds is 6. The largest absolute Gasteiger partial charge is 0.497 e. The SMILES string of the molecule is COc1ccc(-c2ccc(CN[C@@H](C)C(N)=O)cc2)cc1. The van der Waals surface area contributed by atoms with E-state index >= 15 is 0 Å². The highest BCUT2D eigenvalue weighted by Crippen LogP contribution is 2.22. The third kappa shape index (κ3) is 4.07. The first-order chi connectivity index (χ1) is 10.1. The van der Waals surface area contributed by atoms with Crippen LogP contribution in [0.5, 0.6) is 5.75 Å². The number of methoxy groups -OCH3 is 1. The fourth-order valence-electron chi connectivity index (χ4n) is 1.97. The second kappa shape index (κ2) is 6.90. The van der Waals surface area contributed by atoms with Gasteiger partial charge in [-0.25, -0.2) is 0 Å². The summed E-state index contributed by atoms with van der Waals surface area (Å²) in [6.45, 7) is 2.38. The van der Waals surface area contributed by atoms with Crippen molar-refractivity contribution >= 4 is 5.91 Å². The predicted octanol–water partition coefficient (Wildman–Crippen LogP) is 2.33. The molecule has 0 spiro atoms. The summed E-state index contributed by atoms with van der Waals surface area (Å²) in [5, 5.41) is 3.08. The maximum Gasteiger partial charge on any atom is 0.234 e. The van der Waals surface area contributed by atoms with Crippen molar-refractivity contribution in [1.29, 1.82) is 0 Å². The molecular formula is C17H20N2O2. The average Bonchev–Trinajstić information content (AvgIpc) is 2.53. The highest BCUT2D eigenvalue weighted by atomic mass is 16.5. The number of hydrogen-bond donors (Lipinski definition) is 2. The lowest BCUT2D eigenvalue weighted by molar-refractivity contribution is -0.119. The summed E-state index contributed by atoms with van der Waals surface area (Å²) in [6, 6.07) is 15.8. The van der Waals surface area contributed by atoms with Crippen LogP contribution in [0.15, 0.2) is 48.5 Å². The summed E-state index contributed by atoms with van der Waals surface area (Å²) in [5.74, 6) is 0.505. The van der Waals surface area contributed by atoms with E-state index in [2.05, 4.69) is 17.4 Å². The van der Waals surface area contributed by atoms with Gasteiger partial charge in [0.05, 0.1) is 13.2 Å². The molecule has 0 aliphatic heterocycles. The van der Waals surface area contributed by atoms with Crippen molar-refractivity contribution in [1.82, 2.24) is 5.32 Å². The minimum absolute atomic E-state index is 0.328. The van der Waals surface area contributed by atoms with E-state index in [0.717, 1.165) is 22.4 Å². The average molecular weight is 284 g/mol. The van der Waals surface area contributed by atoms with Crippen molar-refractivity contribution in [2.75, 3.05) is 7.11 Å². The molecule has 3 N–H and O–H groups in total. The predicted molar refractivity (Wildman–Crippen MR) is 83.9 cm³/mol. The van der Waals surface area contributed by atoms with Crippen molar-refractivity contribution in [3.63, 3.8) is 0 Å². The van der Waals surface area contributed by atoms with Crippen molar-refractivity contribution in [2.45, 2.75) is 19.5 Å². The highest BCUT2D eigenvalue weighted by Gasteiger charge is 2.07. The van der Waals surface area contributed by atoms with Gasteiger partial charge in [0.1, 0.15) is 5.75 Å². The number of hydrogen-bond acceptors (Lipinski definition) is 3. The summed E-state index contributed by atoms with van der Waals surface area (Å²) in [4.78, 5) is 11.0. The van der Waals surface area contributed by atoms with E-state index in [4.69, 9.17) is 10.5 Å². The Bertz CT molecular complexity index is 591. The lowest BCUT2D eigenvalue weighted by Crippen LogP contribution is -2.38. The van der Waals surface area contributed by atoms with E-state index in [-0.39, 0.29) is 11.9 Å². The fraction of sp³-hybridized carbons (Fsp3) is 0.235. The quantitative estimate of drug-likeness (QED) is 0.855. The lowest BCUT2D eigenvalue weighted by Gasteiger charge is -2.10. The number of nitrogens with one attached hydrogen (secondary N) is 1. The smallest absolute Gasteiger partial charge is 0.234 e. The van der Waals surface area contributed by atoms with Crippen LogP contribution in [0.2, 0.25) is 0 Å². The van der Waals surface area contributed by atoms with Crippen LogP contribution in [-0.4, -0.2) is 19.1 Å². The zero-order valence-corrected chi connectivity index (χ0v) is 12.3. The van der Waals surface area contributed by atoms with Crippen LogP contribution in [0, 0.1) is 0 Å². The number of carbonyl (C=O) groups excluding carboxylic acids is 1. The minimum Gasteiger partial charge on any atom is -0.497 e. The maximum atomic E-state index is 11.0. The molecule has 1 amide bonds. The summed E-state index contributed by atoms with van der Waals surface area (Å²) in [7, 11) is 1.66. The third-order valence-electron chi connectivity index (χ3n) is 3.42. The molecule has 0 saturated carbocycles. The molecular weight excluding hydrogens is 264 g/mol. The van der Waals surface area contributed by atoms with Gasteiger partial charge in [0.2, 0.25) is 5.91 Å². The molecule has 110 valence electrons. The lowest BCUT2D eigenvalue weighted by atomic mass is 10.0. The number of nitrogens with two attached hydrogens (primary N) is 1. The highest BCUT2D eigenvalue weighted by molar-refractivity contribution is 5.79. The fourth-order valence-corrected chi connectivity index (χ4v) is 1.97. The summed E-state index contributed by atoms with van der Waals surface area (Å²) in [6.07, 6.45) is 0. The molecule has 2 aromatic rings. The minimum atomic E-state index is -0.343. The van der Waals surface area contributed by atoms with Gasteiger partial charge in [-0.2, -0.15) is 0 Å². The molecule has 0 saturated heterocycles. The Labute approximate surface area is 124 Å². The van der Waals surface area contributed by atoms with Crippen LogP contribution in [0.1, 0.15) is 12.5 Å². The van der Waals surface area contributed by atoms with E-state index in [9.17, 15) is 4.79 Å². The van der Waals surface area contributed by atoms with Gasteiger partial charge in [0.25, 0.3) is 0 Å². The van der Waals surface area contributed by atoms with Crippen molar-refractivity contribution in [3.8, 4) is 16.9 Å². The zero-order valence-electron chi connectivity index (χ0n) is 12.3. The Morgan fingerprint density at radius 2 is 1.62 bits per heavy atom. The molecule has 2 aromatic carbocycles. The molecule has 4 heteroatoms. The van der Waals surface area contributed by atoms with Crippen molar-refractivity contribution < 1.29 is 9.53 Å². The summed E-state index contributed by atoms with van der Waals surface area (Å²) >= 11 is 0.